The summed E-state index contributed by atoms with van der Waals surface area (Å²) in [4.78, 5) is 0. The number of hydrogen-bond acceptors (Lipinski definition) is 0. The van der Waals surface area contributed by atoms with Crippen molar-refractivity contribution in [1.29, 1.82) is 0 Å². The molecule has 29 heavy (non-hydrogen) atoms. The highest BCUT2D eigenvalue weighted by molar-refractivity contribution is 6.57. The minimum absolute atomic E-state index is 0.283. The molecule has 0 saturated heterocycles. The summed E-state index contributed by atoms with van der Waals surface area (Å²) in [6.07, 6.45) is 0. The molecule has 0 spiro atoms. The second kappa shape index (κ2) is 7.06. The topological polar surface area (TPSA) is 0 Å². The van der Waals surface area contributed by atoms with Crippen molar-refractivity contribution in [3.63, 3.8) is 0 Å². The van der Waals surface area contributed by atoms with Gasteiger partial charge in [-0.2, -0.15) is 0 Å². The molecule has 0 nitrogen and oxygen atoms in total. The molecule has 0 saturated carbocycles. The quantitative estimate of drug-likeness (QED) is 0.256. The molecule has 0 atom stereocenters. The average Bonchev–Trinajstić information content (AvgIpc) is 2.69. The van der Waals surface area contributed by atoms with Gasteiger partial charge in [0.15, 0.2) is 7.28 Å². The second-order valence-corrected chi connectivity index (χ2v) is 9.78. The molecule has 0 aromatic heterocycles. The third-order valence-electron chi connectivity index (χ3n) is 6.52. The molecule has 4 rings (SSSR count). The Balaban J connectivity index is 2.09. The second-order valence-electron chi connectivity index (χ2n) is 9.78. The largest absolute Gasteiger partial charge is 0.163 e. The molecule has 0 aliphatic carbocycles. The van der Waals surface area contributed by atoms with Gasteiger partial charge in [-0.1, -0.05) is 91.2 Å². The van der Waals surface area contributed by atoms with Gasteiger partial charge in [0.05, 0.1) is 0 Å². The zero-order chi connectivity index (χ0) is 20.9. The van der Waals surface area contributed by atoms with Gasteiger partial charge in [0.25, 0.3) is 0 Å². The van der Waals surface area contributed by atoms with Gasteiger partial charge in [-0.15, -0.1) is 0 Å². The minimum atomic E-state index is 0.283. The van der Waals surface area contributed by atoms with Crippen molar-refractivity contribution in [3.05, 3.63) is 76.9 Å². The van der Waals surface area contributed by atoms with Crippen LogP contribution in [0.15, 0.2) is 54.6 Å². The molecular formula is C28H31B. The van der Waals surface area contributed by atoms with Crippen LogP contribution in [0.2, 0.25) is 5.31 Å². The summed E-state index contributed by atoms with van der Waals surface area (Å²) in [6.45, 7) is 16.3. The highest BCUT2D eigenvalue weighted by Gasteiger charge is 2.22. The van der Waals surface area contributed by atoms with Crippen molar-refractivity contribution >= 4 is 34.3 Å². The Labute approximate surface area is 176 Å². The van der Waals surface area contributed by atoms with Gasteiger partial charge in [0.1, 0.15) is 0 Å². The molecule has 0 amide bonds. The van der Waals surface area contributed by atoms with Gasteiger partial charge in [-0.3, -0.25) is 0 Å². The fraction of sp³-hybridized carbons (Fsp3) is 0.286. The fourth-order valence-corrected chi connectivity index (χ4v) is 4.85. The Kier molecular flexibility index (Phi) is 4.81. The number of benzene rings is 4. The highest BCUT2D eigenvalue weighted by atomic mass is 14.2. The maximum atomic E-state index is 2.40. The normalized spacial score (nSPS) is 12.0. The molecule has 0 heterocycles. The van der Waals surface area contributed by atoms with Crippen LogP contribution < -0.4 is 5.46 Å². The molecule has 1 heteroatoms. The molecule has 0 aliphatic heterocycles. The predicted octanol–water partition coefficient (Wildman–Crippen LogP) is 7.17. The zero-order valence-corrected chi connectivity index (χ0v) is 18.9. The lowest BCUT2D eigenvalue weighted by atomic mass is 9.49. The molecule has 146 valence electrons. The smallest absolute Gasteiger partial charge is 0.0777 e. The third kappa shape index (κ3) is 3.37. The van der Waals surface area contributed by atoms with Crippen molar-refractivity contribution in [2.75, 3.05) is 0 Å². The van der Waals surface area contributed by atoms with Crippen LogP contribution >= 0.6 is 0 Å². The molecule has 0 fully saturated rings. The zero-order valence-electron chi connectivity index (χ0n) is 18.9. The fourth-order valence-electron chi connectivity index (χ4n) is 4.85. The Morgan fingerprint density at radius 2 is 1.14 bits per heavy atom. The molecule has 0 bridgehead atoms. The van der Waals surface area contributed by atoms with E-state index in [-0.39, 0.29) is 5.31 Å². The van der Waals surface area contributed by atoms with Crippen LogP contribution in [0.25, 0.3) is 32.7 Å². The monoisotopic (exact) mass is 378 g/mol. The van der Waals surface area contributed by atoms with E-state index < -0.39 is 0 Å². The van der Waals surface area contributed by atoms with E-state index in [1.807, 2.05) is 0 Å². The van der Waals surface area contributed by atoms with E-state index in [0.717, 1.165) is 7.28 Å². The highest BCUT2D eigenvalue weighted by Crippen LogP contribution is 2.39. The first-order valence-corrected chi connectivity index (χ1v) is 10.7. The standard InChI is InChI=1S/C28H31B/c1-17-19(3)27(29-28(5,6)7)20(4)18(2)26(17)25-16-21-12-8-9-13-22(21)23-14-10-11-15-24(23)25/h8-16,29H,1-7H3. The van der Waals surface area contributed by atoms with E-state index in [1.54, 1.807) is 0 Å². The first-order valence-electron chi connectivity index (χ1n) is 10.7. The van der Waals surface area contributed by atoms with E-state index in [1.165, 1.54) is 60.4 Å². The molecule has 4 aromatic rings. The van der Waals surface area contributed by atoms with E-state index in [0.29, 0.717) is 0 Å². The number of fused-ring (bicyclic) bond motifs is 3. The van der Waals surface area contributed by atoms with Crippen molar-refractivity contribution in [2.24, 2.45) is 0 Å². The van der Waals surface area contributed by atoms with Gasteiger partial charge < -0.3 is 0 Å². The Morgan fingerprint density at radius 1 is 0.621 bits per heavy atom. The lowest BCUT2D eigenvalue weighted by Crippen LogP contribution is -2.30. The lowest BCUT2D eigenvalue weighted by molar-refractivity contribution is 0.759. The van der Waals surface area contributed by atoms with Crippen LogP contribution in [0.5, 0.6) is 0 Å². The van der Waals surface area contributed by atoms with E-state index in [4.69, 9.17) is 0 Å². The van der Waals surface area contributed by atoms with Crippen molar-refractivity contribution in [3.8, 4) is 11.1 Å². The lowest BCUT2D eigenvalue weighted by Gasteiger charge is -2.26. The third-order valence-corrected chi connectivity index (χ3v) is 6.52. The Morgan fingerprint density at radius 3 is 1.72 bits per heavy atom. The Bertz CT molecular complexity index is 1210. The maximum absolute atomic E-state index is 2.40. The summed E-state index contributed by atoms with van der Waals surface area (Å²) in [5, 5.41) is 5.62. The predicted molar refractivity (Wildman–Crippen MR) is 132 cm³/mol. The van der Waals surface area contributed by atoms with Crippen LogP contribution in [0.1, 0.15) is 43.0 Å². The van der Waals surface area contributed by atoms with Gasteiger partial charge in [0, 0.05) is 0 Å². The van der Waals surface area contributed by atoms with Crippen LogP contribution in [-0.4, -0.2) is 7.28 Å². The van der Waals surface area contributed by atoms with Gasteiger partial charge in [-0.25, -0.2) is 0 Å². The van der Waals surface area contributed by atoms with Crippen molar-refractivity contribution in [2.45, 2.75) is 53.8 Å². The number of rotatable bonds is 2. The summed E-state index contributed by atoms with van der Waals surface area (Å²) < 4.78 is 0. The number of hydrogen-bond donors (Lipinski definition) is 0. The summed E-state index contributed by atoms with van der Waals surface area (Å²) in [5.74, 6) is 0. The molecule has 0 aliphatic rings. The summed E-state index contributed by atoms with van der Waals surface area (Å²) in [6, 6.07) is 20.0. The van der Waals surface area contributed by atoms with Crippen molar-refractivity contribution < 1.29 is 0 Å². The van der Waals surface area contributed by atoms with Crippen LogP contribution in [-0.2, 0) is 0 Å². The van der Waals surface area contributed by atoms with Gasteiger partial charge in [0.2, 0.25) is 0 Å². The van der Waals surface area contributed by atoms with Gasteiger partial charge in [-0.05, 0) is 77.6 Å². The van der Waals surface area contributed by atoms with Crippen LogP contribution in [0.4, 0.5) is 0 Å². The molecule has 4 aromatic carbocycles. The van der Waals surface area contributed by atoms with Crippen LogP contribution in [0.3, 0.4) is 0 Å². The first-order chi connectivity index (χ1) is 13.7. The summed E-state index contributed by atoms with van der Waals surface area (Å²) >= 11 is 0. The first kappa shape index (κ1) is 19.8. The van der Waals surface area contributed by atoms with E-state index in [9.17, 15) is 0 Å². The Hall–Kier alpha value is -2.54. The van der Waals surface area contributed by atoms with E-state index in [2.05, 4.69) is 103 Å². The van der Waals surface area contributed by atoms with Crippen LogP contribution in [0, 0.1) is 27.7 Å². The summed E-state index contributed by atoms with van der Waals surface area (Å²) in [7, 11) is 1.12. The molecule has 0 radical (unpaired) electrons. The van der Waals surface area contributed by atoms with E-state index >= 15 is 0 Å². The average molecular weight is 378 g/mol. The molecular weight excluding hydrogens is 347 g/mol. The maximum Gasteiger partial charge on any atom is 0.163 e. The SMILES string of the molecule is Cc1c(C)c(-c2cc3ccccc3c3ccccc23)c(C)c(C)c1BC(C)(C)C. The minimum Gasteiger partial charge on any atom is -0.0777 e. The molecule has 0 unspecified atom stereocenters. The van der Waals surface area contributed by atoms with Crippen molar-refractivity contribution in [1.82, 2.24) is 0 Å². The van der Waals surface area contributed by atoms with Gasteiger partial charge >= 0.3 is 0 Å². The molecule has 0 N–H and O–H groups in total. The summed E-state index contributed by atoms with van der Waals surface area (Å²) in [5.41, 5.74) is 10.1.